The van der Waals surface area contributed by atoms with E-state index in [2.05, 4.69) is 0 Å². The third-order valence-corrected chi connectivity index (χ3v) is 11.6. The first-order valence-corrected chi connectivity index (χ1v) is 18.3. The molecule has 0 bridgehead atoms. The fourth-order valence-corrected chi connectivity index (χ4v) is 8.92. The number of fused-ring (bicyclic) bond motifs is 4. The van der Waals surface area contributed by atoms with E-state index in [0.717, 1.165) is 11.1 Å². The van der Waals surface area contributed by atoms with E-state index >= 15 is 9.59 Å². The van der Waals surface area contributed by atoms with Gasteiger partial charge in [0.1, 0.15) is 24.5 Å². The fourth-order valence-electron chi connectivity index (χ4n) is 8.92. The quantitative estimate of drug-likeness (QED) is 0.229. The molecular weight excluding hydrogens is 710 g/mol. The lowest BCUT2D eigenvalue weighted by molar-refractivity contribution is -0.281. The van der Waals surface area contributed by atoms with E-state index in [9.17, 15) is 14.7 Å². The van der Waals surface area contributed by atoms with Crippen LogP contribution in [-0.4, -0.2) is 89.7 Å². The highest BCUT2D eigenvalue weighted by molar-refractivity contribution is 6.28. The van der Waals surface area contributed by atoms with Gasteiger partial charge in [0, 0.05) is 38.1 Å². The molecule has 5 aliphatic rings. The Kier molecular flexibility index (Phi) is 8.37. The molecule has 0 saturated carbocycles. The summed E-state index contributed by atoms with van der Waals surface area (Å²) in [6.07, 6.45) is -1.51. The number of aromatic hydroxyl groups is 1. The average molecular weight is 750 g/mol. The van der Waals surface area contributed by atoms with Gasteiger partial charge in [-0.05, 0) is 47.6 Å². The van der Waals surface area contributed by atoms with Gasteiger partial charge >= 0.3 is 5.97 Å². The molecule has 1 aliphatic carbocycles. The first-order valence-electron chi connectivity index (χ1n) is 18.3. The molecule has 4 aromatic rings. The maximum absolute atomic E-state index is 15.2. The molecule has 0 unspecified atom stereocenters. The van der Waals surface area contributed by atoms with Gasteiger partial charge in [-0.25, -0.2) is 0 Å². The number of hydrogen-bond acceptors (Lipinski definition) is 12. The third kappa shape index (κ3) is 5.10. The molecule has 4 heterocycles. The van der Waals surface area contributed by atoms with Crippen molar-refractivity contribution in [2.45, 2.75) is 81.4 Å². The summed E-state index contributed by atoms with van der Waals surface area (Å²) >= 11 is 0. The number of rotatable bonds is 9. The van der Waals surface area contributed by atoms with Crippen molar-refractivity contribution in [1.82, 2.24) is 4.90 Å². The molecule has 284 valence electrons. The van der Waals surface area contributed by atoms with Crippen LogP contribution in [0, 0.1) is 0 Å². The number of methoxy groups -OCH3 is 1. The van der Waals surface area contributed by atoms with E-state index in [0.29, 0.717) is 24.0 Å². The first kappa shape index (κ1) is 35.5. The SMILES string of the molecule is CO[C@]12CC(=O)O[C@]13C(=O)c1c(cc4cc(OCc5ccccc5)c5c(c4c1O)CN(C)C5=O)C(=O)[C@]3(O[C@H]1CC[C@H](OCc3ccccc3)[C@H](C)O1)CO2. The Morgan fingerprint density at radius 2 is 1.62 bits per heavy atom. The largest absolute Gasteiger partial charge is 0.507 e. The van der Waals surface area contributed by atoms with Crippen molar-refractivity contribution >= 4 is 34.2 Å². The van der Waals surface area contributed by atoms with Gasteiger partial charge < -0.3 is 43.2 Å². The molecule has 1 N–H and O–H groups in total. The summed E-state index contributed by atoms with van der Waals surface area (Å²) in [5.74, 6) is -5.18. The predicted octanol–water partition coefficient (Wildman–Crippen LogP) is 5.01. The summed E-state index contributed by atoms with van der Waals surface area (Å²) in [6.45, 7) is 1.97. The lowest BCUT2D eigenvalue weighted by Gasteiger charge is -2.47. The van der Waals surface area contributed by atoms with Gasteiger partial charge in [-0.2, -0.15) is 0 Å². The van der Waals surface area contributed by atoms with E-state index in [1.807, 2.05) is 67.6 Å². The van der Waals surface area contributed by atoms with Gasteiger partial charge in [-0.15, -0.1) is 0 Å². The normalized spacial score (nSPS) is 29.6. The van der Waals surface area contributed by atoms with Crippen LogP contribution in [0.3, 0.4) is 0 Å². The highest BCUT2D eigenvalue weighted by Crippen LogP contribution is 2.61. The van der Waals surface area contributed by atoms with Gasteiger partial charge in [-0.1, -0.05) is 60.7 Å². The molecule has 55 heavy (non-hydrogen) atoms. The lowest BCUT2D eigenvalue weighted by atomic mass is 9.64. The molecule has 6 atom stereocenters. The van der Waals surface area contributed by atoms with Gasteiger partial charge in [0.25, 0.3) is 11.5 Å². The molecular formula is C42H39NO12. The highest BCUT2D eigenvalue weighted by atomic mass is 16.8. The Bertz CT molecular complexity index is 2260. The van der Waals surface area contributed by atoms with Crippen LogP contribution in [0.1, 0.15) is 74.0 Å². The molecule has 13 nitrogen and oxygen atoms in total. The molecule has 13 heteroatoms. The second-order valence-corrected chi connectivity index (χ2v) is 14.8. The Balaban J connectivity index is 1.13. The number of amides is 1. The van der Waals surface area contributed by atoms with Crippen LogP contribution < -0.4 is 4.74 Å². The monoisotopic (exact) mass is 749 g/mol. The topological polar surface area (TPSA) is 156 Å². The number of hydrogen-bond donors (Lipinski definition) is 1. The maximum Gasteiger partial charge on any atom is 0.312 e. The van der Waals surface area contributed by atoms with Crippen LogP contribution >= 0.6 is 0 Å². The van der Waals surface area contributed by atoms with E-state index in [-0.39, 0.29) is 59.4 Å². The molecule has 1 spiro atoms. The number of benzene rings is 4. The summed E-state index contributed by atoms with van der Waals surface area (Å²) in [4.78, 5) is 58.5. The Labute approximate surface area is 315 Å². The van der Waals surface area contributed by atoms with Gasteiger partial charge in [0.2, 0.25) is 23.0 Å². The summed E-state index contributed by atoms with van der Waals surface area (Å²) in [6, 6.07) is 22.3. The summed E-state index contributed by atoms with van der Waals surface area (Å²) < 4.78 is 43.2. The van der Waals surface area contributed by atoms with E-state index < -0.39 is 65.7 Å². The van der Waals surface area contributed by atoms with Crippen molar-refractivity contribution in [3.05, 3.63) is 106 Å². The van der Waals surface area contributed by atoms with E-state index in [1.165, 1.54) is 18.1 Å². The number of phenols is 1. The fraction of sp³-hybridized carbons (Fsp3) is 0.381. The summed E-state index contributed by atoms with van der Waals surface area (Å²) in [5.41, 5.74) is -2.72. The van der Waals surface area contributed by atoms with Crippen LogP contribution in [0.4, 0.5) is 0 Å². The van der Waals surface area contributed by atoms with Gasteiger partial charge in [-0.3, -0.25) is 19.2 Å². The van der Waals surface area contributed by atoms with Gasteiger partial charge in [0.05, 0.1) is 36.5 Å². The van der Waals surface area contributed by atoms with E-state index in [1.54, 1.807) is 13.1 Å². The number of carbonyl (C=O) groups is 4. The van der Waals surface area contributed by atoms with Crippen LogP contribution in [0.5, 0.6) is 11.5 Å². The number of nitrogens with zero attached hydrogens (tertiary/aromatic N) is 1. The van der Waals surface area contributed by atoms with Crippen molar-refractivity contribution in [3.63, 3.8) is 0 Å². The van der Waals surface area contributed by atoms with Crippen LogP contribution in [-0.2, 0) is 53.0 Å². The van der Waals surface area contributed by atoms with Crippen molar-refractivity contribution in [1.29, 1.82) is 0 Å². The minimum absolute atomic E-state index is 0.104. The minimum Gasteiger partial charge on any atom is -0.507 e. The van der Waals surface area contributed by atoms with Gasteiger partial charge in [0.15, 0.2) is 6.29 Å². The summed E-state index contributed by atoms with van der Waals surface area (Å²) in [5, 5.41) is 12.7. The number of ether oxygens (including phenoxy) is 7. The zero-order valence-electron chi connectivity index (χ0n) is 30.5. The summed E-state index contributed by atoms with van der Waals surface area (Å²) in [7, 11) is 2.88. The zero-order chi connectivity index (χ0) is 38.3. The Morgan fingerprint density at radius 3 is 2.31 bits per heavy atom. The molecule has 9 rings (SSSR count). The van der Waals surface area contributed by atoms with Crippen molar-refractivity contribution in [2.24, 2.45) is 0 Å². The van der Waals surface area contributed by atoms with Crippen LogP contribution in [0.15, 0.2) is 72.8 Å². The molecule has 0 aromatic heterocycles. The predicted molar refractivity (Wildman–Crippen MR) is 192 cm³/mol. The Morgan fingerprint density at radius 1 is 0.909 bits per heavy atom. The first-order chi connectivity index (χ1) is 26.5. The second-order valence-electron chi connectivity index (χ2n) is 14.8. The maximum atomic E-state index is 15.2. The smallest absolute Gasteiger partial charge is 0.312 e. The lowest BCUT2D eigenvalue weighted by Crippen LogP contribution is -2.73. The molecule has 4 aliphatic heterocycles. The average Bonchev–Trinajstić information content (AvgIpc) is 3.76. The molecule has 0 radical (unpaired) electrons. The molecule has 1 amide bonds. The number of ketones is 2. The van der Waals surface area contributed by atoms with Crippen LogP contribution in [0.2, 0.25) is 0 Å². The minimum atomic E-state index is -2.47. The molecule has 3 fully saturated rings. The molecule has 3 saturated heterocycles. The van der Waals surface area contributed by atoms with E-state index in [4.69, 9.17) is 33.2 Å². The second kappa shape index (κ2) is 13.0. The number of Topliss-reactive ketones (excluding diaryl/α,β-unsaturated/α-hetero) is 2. The zero-order valence-corrected chi connectivity index (χ0v) is 30.5. The Hall–Kier alpha value is -5.18. The number of phenolic OH excluding ortho intramolecular Hbond substituents is 1. The third-order valence-electron chi connectivity index (χ3n) is 11.6. The number of carbonyl (C=O) groups excluding carboxylic acids is 4. The van der Waals surface area contributed by atoms with Crippen molar-refractivity contribution in [2.75, 3.05) is 20.8 Å². The van der Waals surface area contributed by atoms with Crippen molar-refractivity contribution in [3.8, 4) is 11.5 Å². The molecule has 4 aromatic carbocycles. The number of esters is 1. The van der Waals surface area contributed by atoms with Crippen LogP contribution in [0.25, 0.3) is 10.8 Å². The van der Waals surface area contributed by atoms with Crippen molar-refractivity contribution < 1.29 is 57.4 Å². The highest BCUT2D eigenvalue weighted by Gasteiger charge is 2.86. The standard InChI is InChI=1S/C42H39NO12/c1-23-29(50-20-24-10-6-4-7-11-24)14-15-32(53-23)55-40-22-52-41(49-3)18-31(44)54-42(40,41)38(47)35-27(37(40)46)16-26-17-30(51-21-25-12-8-5-9-13-25)34-28(33(26)36(35)45)19-43(2)39(34)48/h4-13,16-17,23,29,32,45H,14-15,18-22H2,1-3H3/t23-,29-,32-,40+,41-,42-/m0/s1.